The maximum Gasteiger partial charge on any atom is 0.0780 e. The Kier molecular flexibility index (Phi) is 3.46. The van der Waals surface area contributed by atoms with Gasteiger partial charge in [0.2, 0.25) is 0 Å². The van der Waals surface area contributed by atoms with Crippen LogP contribution in [0.15, 0.2) is 85.1 Å². The first-order valence-corrected chi connectivity index (χ1v) is 9.15. The van der Waals surface area contributed by atoms with Gasteiger partial charge in [-0.05, 0) is 45.2 Å². The maximum atomic E-state index is 4.71. The highest BCUT2D eigenvalue weighted by molar-refractivity contribution is 6.17. The summed E-state index contributed by atoms with van der Waals surface area (Å²) in [5, 5.41) is 6.48. The van der Waals surface area contributed by atoms with Crippen LogP contribution < -0.4 is 0 Å². The number of aryl methyl sites for hydroxylation is 1. The summed E-state index contributed by atoms with van der Waals surface area (Å²) in [5.41, 5.74) is 4.98. The third kappa shape index (κ3) is 2.14. The van der Waals surface area contributed by atoms with Crippen LogP contribution in [0, 0.1) is 0 Å². The first-order valence-electron chi connectivity index (χ1n) is 9.15. The van der Waals surface area contributed by atoms with Gasteiger partial charge >= 0.3 is 0 Å². The summed E-state index contributed by atoms with van der Waals surface area (Å²) in [5.74, 6) is 0. The van der Waals surface area contributed by atoms with Crippen molar-refractivity contribution in [3.63, 3.8) is 0 Å². The molecule has 0 N–H and O–H groups in total. The fraction of sp³-hybridized carbons (Fsp3) is 0.0800. The van der Waals surface area contributed by atoms with E-state index in [1.165, 1.54) is 43.6 Å². The average Bonchev–Trinajstić information content (AvgIpc) is 2.71. The minimum absolute atomic E-state index is 1.02. The fourth-order valence-corrected chi connectivity index (χ4v) is 4.20. The number of benzene rings is 4. The molecule has 0 fully saturated rings. The van der Waals surface area contributed by atoms with Crippen LogP contribution in [0.25, 0.3) is 43.6 Å². The molecule has 1 nitrogen and oxygen atoms in total. The predicted octanol–water partition coefficient (Wildman–Crippen LogP) is 6.77. The highest BCUT2D eigenvalue weighted by Gasteiger charge is 2.15. The van der Waals surface area contributed by atoms with Gasteiger partial charge in [-0.25, -0.2) is 0 Å². The average molecular weight is 333 g/mol. The van der Waals surface area contributed by atoms with Gasteiger partial charge in [0.1, 0.15) is 0 Å². The predicted molar refractivity (Wildman–Crippen MR) is 112 cm³/mol. The molecular formula is C25H19N. The number of pyridine rings is 1. The molecule has 0 atom stereocenters. The van der Waals surface area contributed by atoms with E-state index < -0.39 is 0 Å². The number of para-hydroxylation sites is 1. The zero-order chi connectivity index (χ0) is 17.5. The molecule has 5 rings (SSSR count). The molecule has 1 heteroatoms. The normalized spacial score (nSPS) is 11.4. The molecule has 0 unspecified atom stereocenters. The van der Waals surface area contributed by atoms with Gasteiger partial charge in [-0.15, -0.1) is 0 Å². The molecule has 0 aliphatic heterocycles. The highest BCUT2D eigenvalue weighted by atomic mass is 14.6. The van der Waals surface area contributed by atoms with E-state index in [-0.39, 0.29) is 0 Å². The van der Waals surface area contributed by atoms with Crippen LogP contribution in [0.5, 0.6) is 0 Å². The molecule has 0 saturated heterocycles. The van der Waals surface area contributed by atoms with Gasteiger partial charge in [0, 0.05) is 17.1 Å². The van der Waals surface area contributed by atoms with Crippen LogP contribution in [0.1, 0.15) is 12.5 Å². The van der Waals surface area contributed by atoms with E-state index in [1.807, 2.05) is 12.3 Å². The van der Waals surface area contributed by atoms with E-state index in [4.69, 9.17) is 4.98 Å². The van der Waals surface area contributed by atoms with Crippen molar-refractivity contribution < 1.29 is 0 Å². The van der Waals surface area contributed by atoms with E-state index in [9.17, 15) is 0 Å². The highest BCUT2D eigenvalue weighted by Crippen LogP contribution is 2.41. The van der Waals surface area contributed by atoms with Gasteiger partial charge in [0.05, 0.1) is 5.52 Å². The Morgan fingerprint density at radius 3 is 1.92 bits per heavy atom. The molecule has 0 spiro atoms. The van der Waals surface area contributed by atoms with Crippen LogP contribution in [0.4, 0.5) is 0 Å². The van der Waals surface area contributed by atoms with Crippen molar-refractivity contribution in [3.8, 4) is 11.1 Å². The molecule has 0 aliphatic carbocycles. The summed E-state index contributed by atoms with van der Waals surface area (Å²) in [4.78, 5) is 4.71. The smallest absolute Gasteiger partial charge is 0.0780 e. The fourth-order valence-electron chi connectivity index (χ4n) is 4.20. The first kappa shape index (κ1) is 15.1. The van der Waals surface area contributed by atoms with E-state index in [1.54, 1.807) is 0 Å². The lowest BCUT2D eigenvalue weighted by atomic mass is 9.87. The molecule has 0 bridgehead atoms. The van der Waals surface area contributed by atoms with E-state index in [0.717, 1.165) is 11.9 Å². The SMILES string of the molecule is CCc1c2ccccc2c(-c2cccc3cccnc23)c2ccccc12. The number of rotatable bonds is 2. The topological polar surface area (TPSA) is 12.9 Å². The molecule has 0 aliphatic rings. The monoisotopic (exact) mass is 333 g/mol. The van der Waals surface area contributed by atoms with Crippen LogP contribution in [-0.2, 0) is 6.42 Å². The Labute approximate surface area is 152 Å². The zero-order valence-electron chi connectivity index (χ0n) is 14.7. The number of hydrogen-bond donors (Lipinski definition) is 0. The van der Waals surface area contributed by atoms with Crippen molar-refractivity contribution in [3.05, 3.63) is 90.6 Å². The minimum atomic E-state index is 1.02. The molecule has 0 amide bonds. The Bertz CT molecular complexity index is 1210. The third-order valence-electron chi connectivity index (χ3n) is 5.30. The van der Waals surface area contributed by atoms with Gasteiger partial charge in [0.25, 0.3) is 0 Å². The number of nitrogens with zero attached hydrogens (tertiary/aromatic N) is 1. The Balaban J connectivity index is 2.05. The van der Waals surface area contributed by atoms with Crippen molar-refractivity contribution in [2.24, 2.45) is 0 Å². The van der Waals surface area contributed by atoms with Gasteiger partial charge in [-0.3, -0.25) is 4.98 Å². The van der Waals surface area contributed by atoms with Crippen molar-refractivity contribution in [1.82, 2.24) is 4.98 Å². The third-order valence-corrected chi connectivity index (χ3v) is 5.30. The molecule has 1 aromatic heterocycles. The van der Waals surface area contributed by atoms with Crippen LogP contribution in [-0.4, -0.2) is 4.98 Å². The second-order valence-corrected chi connectivity index (χ2v) is 6.68. The summed E-state index contributed by atoms with van der Waals surface area (Å²) in [6.07, 6.45) is 2.91. The summed E-state index contributed by atoms with van der Waals surface area (Å²) in [6.45, 7) is 2.24. The summed E-state index contributed by atoms with van der Waals surface area (Å²) < 4.78 is 0. The molecule has 5 aromatic rings. The molecule has 26 heavy (non-hydrogen) atoms. The zero-order valence-corrected chi connectivity index (χ0v) is 14.7. The lowest BCUT2D eigenvalue weighted by molar-refractivity contribution is 1.18. The van der Waals surface area contributed by atoms with Crippen molar-refractivity contribution in [2.45, 2.75) is 13.3 Å². The Hall–Kier alpha value is -3.19. The summed E-state index contributed by atoms with van der Waals surface area (Å²) in [6, 6.07) is 28.2. The van der Waals surface area contributed by atoms with Gasteiger partial charge in [0.15, 0.2) is 0 Å². The van der Waals surface area contributed by atoms with Crippen LogP contribution in [0.2, 0.25) is 0 Å². The molecule has 1 heterocycles. The van der Waals surface area contributed by atoms with Crippen molar-refractivity contribution in [1.29, 1.82) is 0 Å². The molecular weight excluding hydrogens is 314 g/mol. The minimum Gasteiger partial charge on any atom is -0.256 e. The Morgan fingerprint density at radius 2 is 1.27 bits per heavy atom. The van der Waals surface area contributed by atoms with Crippen molar-refractivity contribution >= 4 is 32.4 Å². The summed E-state index contributed by atoms with van der Waals surface area (Å²) >= 11 is 0. The lowest BCUT2D eigenvalue weighted by Crippen LogP contribution is -1.93. The van der Waals surface area contributed by atoms with Crippen molar-refractivity contribution in [2.75, 3.05) is 0 Å². The van der Waals surface area contributed by atoms with Crippen LogP contribution >= 0.6 is 0 Å². The standard InChI is InChI=1S/C25H19N/c1-2-18-19-11-3-5-13-21(19)24(22-14-6-4-12-20(18)22)23-15-7-9-17-10-8-16-26-25(17)23/h3-16H,2H2,1H3. The molecule has 0 radical (unpaired) electrons. The Morgan fingerprint density at radius 1 is 0.654 bits per heavy atom. The first-order chi connectivity index (χ1) is 12.9. The molecule has 124 valence electrons. The summed E-state index contributed by atoms with van der Waals surface area (Å²) in [7, 11) is 0. The lowest BCUT2D eigenvalue weighted by Gasteiger charge is -2.17. The second kappa shape index (κ2) is 5.96. The largest absolute Gasteiger partial charge is 0.256 e. The van der Waals surface area contributed by atoms with Gasteiger partial charge in [-0.1, -0.05) is 79.7 Å². The van der Waals surface area contributed by atoms with E-state index in [0.29, 0.717) is 0 Å². The number of aromatic nitrogens is 1. The number of fused-ring (bicyclic) bond motifs is 3. The maximum absolute atomic E-state index is 4.71. The van der Waals surface area contributed by atoms with Gasteiger partial charge < -0.3 is 0 Å². The quantitative estimate of drug-likeness (QED) is 0.325. The van der Waals surface area contributed by atoms with Gasteiger partial charge in [-0.2, -0.15) is 0 Å². The van der Waals surface area contributed by atoms with Crippen LogP contribution in [0.3, 0.4) is 0 Å². The van der Waals surface area contributed by atoms with E-state index >= 15 is 0 Å². The number of hydrogen-bond acceptors (Lipinski definition) is 1. The molecule has 0 saturated carbocycles. The van der Waals surface area contributed by atoms with E-state index in [2.05, 4.69) is 79.7 Å². The second-order valence-electron chi connectivity index (χ2n) is 6.68. The molecule has 4 aromatic carbocycles.